The average molecular weight is 340 g/mol. The van der Waals surface area contributed by atoms with Crippen LogP contribution >= 0.6 is 23.1 Å². The highest BCUT2D eigenvalue weighted by Gasteiger charge is 2.26. The lowest BCUT2D eigenvalue weighted by molar-refractivity contribution is -0.132. The van der Waals surface area contributed by atoms with E-state index in [0.717, 1.165) is 16.5 Å². The van der Waals surface area contributed by atoms with Gasteiger partial charge in [-0.1, -0.05) is 11.8 Å². The van der Waals surface area contributed by atoms with Crippen molar-refractivity contribution in [3.05, 3.63) is 11.6 Å². The lowest BCUT2D eigenvalue weighted by Gasteiger charge is -2.12. The van der Waals surface area contributed by atoms with Gasteiger partial charge in [0.05, 0.1) is 6.42 Å². The van der Waals surface area contributed by atoms with E-state index in [1.165, 1.54) is 0 Å². The first-order valence-corrected chi connectivity index (χ1v) is 8.49. The zero-order chi connectivity index (χ0) is 15.6. The molecule has 1 aromatic rings. The number of rotatable bonds is 8. The molecule has 9 heteroatoms. The Bertz CT molecular complexity index is 407. The molecular formula is C12H19F3N4S2. The van der Waals surface area contributed by atoms with Gasteiger partial charge in [0.15, 0.2) is 5.96 Å². The van der Waals surface area contributed by atoms with Gasteiger partial charge in [-0.25, -0.2) is 4.98 Å². The molecule has 1 aromatic heterocycles. The summed E-state index contributed by atoms with van der Waals surface area (Å²) >= 11 is 3.26. The van der Waals surface area contributed by atoms with Crippen molar-refractivity contribution < 1.29 is 13.2 Å². The molecule has 0 unspecified atom stereocenters. The number of thioether (sulfide) groups is 1. The molecule has 0 aliphatic carbocycles. The summed E-state index contributed by atoms with van der Waals surface area (Å²) in [5.74, 6) is 1.32. The maximum atomic E-state index is 12.1. The Labute approximate surface area is 130 Å². The van der Waals surface area contributed by atoms with Crippen LogP contribution < -0.4 is 10.6 Å². The molecule has 0 amide bonds. The Morgan fingerprint density at radius 3 is 2.86 bits per heavy atom. The molecule has 1 heterocycles. The Morgan fingerprint density at radius 1 is 1.43 bits per heavy atom. The Morgan fingerprint density at radius 2 is 2.24 bits per heavy atom. The van der Waals surface area contributed by atoms with E-state index in [0.29, 0.717) is 19.0 Å². The number of guanidine groups is 1. The maximum absolute atomic E-state index is 12.1. The molecule has 0 atom stereocenters. The fraction of sp³-hybridized carbons (Fsp3) is 0.667. The third-order valence-electron chi connectivity index (χ3n) is 2.25. The number of nitrogens with one attached hydrogen (secondary N) is 2. The lowest BCUT2D eigenvalue weighted by Crippen LogP contribution is -2.39. The molecule has 1 rings (SSSR count). The van der Waals surface area contributed by atoms with Gasteiger partial charge in [-0.05, 0) is 13.3 Å². The summed E-state index contributed by atoms with van der Waals surface area (Å²) < 4.78 is 37.2. The second kappa shape index (κ2) is 9.88. The summed E-state index contributed by atoms with van der Waals surface area (Å²) in [7, 11) is 0. The van der Waals surface area contributed by atoms with E-state index < -0.39 is 12.6 Å². The molecule has 0 bridgehead atoms. The number of nitrogens with zero attached hydrogens (tertiary/aromatic N) is 2. The van der Waals surface area contributed by atoms with Gasteiger partial charge in [0.25, 0.3) is 0 Å². The van der Waals surface area contributed by atoms with Crippen LogP contribution in [0.4, 0.5) is 13.2 Å². The number of alkyl halides is 3. The average Bonchev–Trinajstić information content (AvgIpc) is 2.90. The Hall–Kier alpha value is -0.960. The van der Waals surface area contributed by atoms with E-state index in [4.69, 9.17) is 0 Å². The van der Waals surface area contributed by atoms with E-state index in [2.05, 4.69) is 20.6 Å². The van der Waals surface area contributed by atoms with Crippen LogP contribution in [0.5, 0.6) is 0 Å². The van der Waals surface area contributed by atoms with Crippen LogP contribution in [0.3, 0.4) is 0 Å². The van der Waals surface area contributed by atoms with Crippen molar-refractivity contribution in [2.45, 2.75) is 30.3 Å². The van der Waals surface area contributed by atoms with Crippen LogP contribution in [0, 0.1) is 0 Å². The van der Waals surface area contributed by atoms with Gasteiger partial charge in [0.1, 0.15) is 4.34 Å². The van der Waals surface area contributed by atoms with Gasteiger partial charge in [-0.2, -0.15) is 13.2 Å². The number of halogens is 3. The molecule has 0 saturated carbocycles. The maximum Gasteiger partial charge on any atom is 0.390 e. The van der Waals surface area contributed by atoms with E-state index in [1.807, 2.05) is 12.3 Å². The minimum absolute atomic E-state index is 0.163. The Balaban J connectivity index is 2.20. The van der Waals surface area contributed by atoms with Gasteiger partial charge in [-0.3, -0.25) is 4.99 Å². The van der Waals surface area contributed by atoms with Crippen LogP contribution in [-0.2, 0) is 0 Å². The largest absolute Gasteiger partial charge is 0.390 e. The quantitative estimate of drug-likeness (QED) is 0.330. The minimum Gasteiger partial charge on any atom is -0.357 e. The van der Waals surface area contributed by atoms with Crippen LogP contribution in [-0.4, -0.2) is 42.5 Å². The first kappa shape index (κ1) is 18.1. The van der Waals surface area contributed by atoms with Crippen LogP contribution in [0.15, 0.2) is 20.9 Å². The van der Waals surface area contributed by atoms with Crippen molar-refractivity contribution in [1.29, 1.82) is 0 Å². The number of aliphatic imine (C=N–C) groups is 1. The monoisotopic (exact) mass is 340 g/mol. The standard InChI is InChI=1S/C12H19F3N4S2/c1-2-16-10(18-6-4-12(13,14)15)17-5-3-8-20-11-19-7-9-21-11/h7,9H,2-6,8H2,1H3,(H2,16,17,18). The zero-order valence-corrected chi connectivity index (χ0v) is 13.4. The van der Waals surface area contributed by atoms with E-state index in [1.54, 1.807) is 29.3 Å². The molecular weight excluding hydrogens is 321 g/mol. The molecule has 0 aromatic carbocycles. The highest BCUT2D eigenvalue weighted by Crippen LogP contribution is 2.20. The molecule has 0 aliphatic heterocycles. The molecule has 21 heavy (non-hydrogen) atoms. The topological polar surface area (TPSA) is 49.3 Å². The van der Waals surface area contributed by atoms with Gasteiger partial charge >= 0.3 is 6.18 Å². The second-order valence-corrected chi connectivity index (χ2v) is 6.29. The second-order valence-electron chi connectivity index (χ2n) is 4.05. The summed E-state index contributed by atoms with van der Waals surface area (Å²) in [5, 5.41) is 7.54. The van der Waals surface area contributed by atoms with Crippen LogP contribution in [0.1, 0.15) is 19.8 Å². The summed E-state index contributed by atoms with van der Waals surface area (Å²) in [4.78, 5) is 8.40. The summed E-state index contributed by atoms with van der Waals surface area (Å²) in [5.41, 5.74) is 0. The summed E-state index contributed by atoms with van der Waals surface area (Å²) in [6.45, 7) is 2.90. The van der Waals surface area contributed by atoms with E-state index in [9.17, 15) is 13.2 Å². The van der Waals surface area contributed by atoms with Gasteiger partial charge < -0.3 is 10.6 Å². The molecule has 0 fully saturated rings. The first-order valence-electron chi connectivity index (χ1n) is 6.62. The number of hydrogen-bond donors (Lipinski definition) is 2. The third kappa shape index (κ3) is 9.57. The normalized spacial score (nSPS) is 12.5. The number of thiazole rings is 1. The van der Waals surface area contributed by atoms with Crippen LogP contribution in [0.25, 0.3) is 0 Å². The highest BCUT2D eigenvalue weighted by atomic mass is 32.2. The van der Waals surface area contributed by atoms with Crippen molar-refractivity contribution in [1.82, 2.24) is 15.6 Å². The Kier molecular flexibility index (Phi) is 8.51. The van der Waals surface area contributed by atoms with Gasteiger partial charge in [0.2, 0.25) is 0 Å². The number of aromatic nitrogens is 1. The van der Waals surface area contributed by atoms with E-state index in [-0.39, 0.29) is 6.54 Å². The predicted octanol–water partition coefficient (Wildman–Crippen LogP) is 3.13. The predicted molar refractivity (Wildman–Crippen MR) is 82.1 cm³/mol. The minimum atomic E-state index is -4.14. The van der Waals surface area contributed by atoms with Crippen molar-refractivity contribution in [3.8, 4) is 0 Å². The highest BCUT2D eigenvalue weighted by molar-refractivity contribution is 8.00. The SMILES string of the molecule is CCNC(=NCCCSc1nccs1)NCCC(F)(F)F. The van der Waals surface area contributed by atoms with Crippen molar-refractivity contribution in [2.75, 3.05) is 25.4 Å². The van der Waals surface area contributed by atoms with Crippen molar-refractivity contribution in [2.24, 2.45) is 4.99 Å². The molecule has 0 radical (unpaired) electrons. The fourth-order valence-electron chi connectivity index (χ4n) is 1.36. The molecule has 0 spiro atoms. The summed E-state index contributed by atoms with van der Waals surface area (Å²) in [6, 6.07) is 0. The molecule has 120 valence electrons. The fourth-order valence-corrected chi connectivity index (χ4v) is 2.99. The smallest absolute Gasteiger partial charge is 0.357 e. The van der Waals surface area contributed by atoms with Gasteiger partial charge in [0, 0.05) is 37.0 Å². The first-order chi connectivity index (χ1) is 10.0. The van der Waals surface area contributed by atoms with Crippen molar-refractivity contribution in [3.63, 3.8) is 0 Å². The van der Waals surface area contributed by atoms with Gasteiger partial charge in [-0.15, -0.1) is 11.3 Å². The van der Waals surface area contributed by atoms with Crippen molar-refractivity contribution >= 4 is 29.1 Å². The zero-order valence-electron chi connectivity index (χ0n) is 11.7. The van der Waals surface area contributed by atoms with Crippen LogP contribution in [0.2, 0.25) is 0 Å². The molecule has 2 N–H and O–H groups in total. The van der Waals surface area contributed by atoms with E-state index >= 15 is 0 Å². The number of hydrogen-bond acceptors (Lipinski definition) is 4. The molecule has 4 nitrogen and oxygen atoms in total. The third-order valence-corrected chi connectivity index (χ3v) is 4.30. The molecule has 0 saturated heterocycles. The molecule has 0 aliphatic rings. The lowest BCUT2D eigenvalue weighted by atomic mass is 10.4. The summed E-state index contributed by atoms with van der Waals surface area (Å²) in [6.07, 6.45) is -2.40.